The standard InChI is InChI=1S/C16H14Br3ClO/c1-8-6-13(18)9(2)14(16(8)21-3)15(19)11-7-10(20)4-5-12(11)17/h4-7,15H,1-3H3. The molecule has 0 aromatic heterocycles. The number of alkyl halides is 1. The molecule has 2 aromatic rings. The third-order valence-corrected chi connectivity index (χ3v) is 6.13. The molecule has 1 nitrogen and oxygen atoms in total. The average Bonchev–Trinajstić information content (AvgIpc) is 2.44. The Kier molecular flexibility index (Phi) is 5.80. The fraction of sp³-hybridized carbons (Fsp3) is 0.250. The number of aryl methyl sites for hydroxylation is 1. The Bertz CT molecular complexity index is 686. The van der Waals surface area contributed by atoms with Crippen LogP contribution in [0.1, 0.15) is 27.1 Å². The molecule has 0 radical (unpaired) electrons. The number of halogens is 4. The smallest absolute Gasteiger partial charge is 0.126 e. The van der Waals surface area contributed by atoms with E-state index in [0.29, 0.717) is 5.02 Å². The largest absolute Gasteiger partial charge is 0.496 e. The number of rotatable bonds is 3. The summed E-state index contributed by atoms with van der Waals surface area (Å²) in [5.74, 6) is 0.893. The van der Waals surface area contributed by atoms with E-state index in [1.807, 2.05) is 25.1 Å². The molecule has 0 spiro atoms. The van der Waals surface area contributed by atoms with Crippen molar-refractivity contribution >= 4 is 59.4 Å². The van der Waals surface area contributed by atoms with E-state index in [-0.39, 0.29) is 4.83 Å². The Morgan fingerprint density at radius 2 is 1.76 bits per heavy atom. The SMILES string of the molecule is COc1c(C)cc(Br)c(C)c1C(Br)c1cc(Cl)ccc1Br. The highest BCUT2D eigenvalue weighted by Crippen LogP contribution is 2.45. The first kappa shape index (κ1) is 17.3. The van der Waals surface area contributed by atoms with E-state index in [4.69, 9.17) is 16.3 Å². The van der Waals surface area contributed by atoms with Gasteiger partial charge in [-0.15, -0.1) is 0 Å². The summed E-state index contributed by atoms with van der Waals surface area (Å²) < 4.78 is 7.70. The molecule has 0 saturated carbocycles. The molecular formula is C16H14Br3ClO. The maximum atomic E-state index is 6.14. The van der Waals surface area contributed by atoms with Gasteiger partial charge in [0.05, 0.1) is 11.9 Å². The van der Waals surface area contributed by atoms with Crippen LogP contribution < -0.4 is 4.74 Å². The third-order valence-electron chi connectivity index (χ3n) is 3.40. The van der Waals surface area contributed by atoms with Gasteiger partial charge in [-0.1, -0.05) is 59.4 Å². The van der Waals surface area contributed by atoms with Gasteiger partial charge in [-0.05, 0) is 54.8 Å². The van der Waals surface area contributed by atoms with Gasteiger partial charge in [0.1, 0.15) is 5.75 Å². The molecule has 1 unspecified atom stereocenters. The van der Waals surface area contributed by atoms with Crippen molar-refractivity contribution in [3.8, 4) is 5.75 Å². The monoisotopic (exact) mass is 494 g/mol. The van der Waals surface area contributed by atoms with Crippen LogP contribution in [0.4, 0.5) is 0 Å². The number of hydrogen-bond donors (Lipinski definition) is 0. The first-order chi connectivity index (χ1) is 9.86. The van der Waals surface area contributed by atoms with Crippen LogP contribution in [0.15, 0.2) is 33.2 Å². The highest BCUT2D eigenvalue weighted by Gasteiger charge is 2.23. The molecule has 0 heterocycles. The highest BCUT2D eigenvalue weighted by molar-refractivity contribution is 9.11. The van der Waals surface area contributed by atoms with E-state index in [0.717, 1.165) is 36.9 Å². The van der Waals surface area contributed by atoms with Crippen LogP contribution in [0.3, 0.4) is 0 Å². The quantitative estimate of drug-likeness (QED) is 0.416. The zero-order valence-electron chi connectivity index (χ0n) is 11.8. The van der Waals surface area contributed by atoms with Gasteiger partial charge < -0.3 is 4.74 Å². The van der Waals surface area contributed by atoms with E-state index in [1.54, 1.807) is 7.11 Å². The average molecular weight is 497 g/mol. The molecule has 0 aliphatic heterocycles. The van der Waals surface area contributed by atoms with Gasteiger partial charge in [-0.25, -0.2) is 0 Å². The zero-order chi connectivity index (χ0) is 15.7. The fourth-order valence-corrected chi connectivity index (χ4v) is 4.77. The van der Waals surface area contributed by atoms with E-state index >= 15 is 0 Å². The van der Waals surface area contributed by atoms with Gasteiger partial charge in [0, 0.05) is 19.5 Å². The Labute approximate surface area is 155 Å². The van der Waals surface area contributed by atoms with Crippen molar-refractivity contribution in [1.82, 2.24) is 0 Å². The summed E-state index contributed by atoms with van der Waals surface area (Å²) in [6.07, 6.45) is 0. The summed E-state index contributed by atoms with van der Waals surface area (Å²) in [6, 6.07) is 7.86. The number of hydrogen-bond acceptors (Lipinski definition) is 1. The zero-order valence-corrected chi connectivity index (χ0v) is 17.3. The molecule has 2 aromatic carbocycles. The molecule has 0 saturated heterocycles. The molecule has 112 valence electrons. The number of benzene rings is 2. The molecule has 5 heteroatoms. The summed E-state index contributed by atoms with van der Waals surface area (Å²) in [7, 11) is 1.70. The summed E-state index contributed by atoms with van der Waals surface area (Å²) in [5.41, 5.74) is 4.41. The molecule has 2 rings (SSSR count). The Balaban J connectivity index is 2.68. The maximum absolute atomic E-state index is 6.14. The molecular weight excluding hydrogens is 483 g/mol. The molecule has 1 atom stereocenters. The fourth-order valence-electron chi connectivity index (χ4n) is 2.32. The topological polar surface area (TPSA) is 9.23 Å². The Hall–Kier alpha value is -0.0300. The van der Waals surface area contributed by atoms with Crippen molar-refractivity contribution in [2.75, 3.05) is 7.11 Å². The van der Waals surface area contributed by atoms with Crippen molar-refractivity contribution in [2.45, 2.75) is 18.7 Å². The maximum Gasteiger partial charge on any atom is 0.126 e. The normalized spacial score (nSPS) is 12.3. The van der Waals surface area contributed by atoms with Crippen LogP contribution in [0, 0.1) is 13.8 Å². The minimum Gasteiger partial charge on any atom is -0.496 e. The van der Waals surface area contributed by atoms with Crippen molar-refractivity contribution in [1.29, 1.82) is 0 Å². The first-order valence-corrected chi connectivity index (χ1v) is 9.17. The van der Waals surface area contributed by atoms with Crippen LogP contribution in [0.5, 0.6) is 5.75 Å². The Morgan fingerprint density at radius 1 is 1.10 bits per heavy atom. The van der Waals surface area contributed by atoms with E-state index in [9.17, 15) is 0 Å². The van der Waals surface area contributed by atoms with Crippen LogP contribution >= 0.6 is 59.4 Å². The van der Waals surface area contributed by atoms with Crippen LogP contribution in [-0.2, 0) is 0 Å². The van der Waals surface area contributed by atoms with E-state index < -0.39 is 0 Å². The Morgan fingerprint density at radius 3 is 2.38 bits per heavy atom. The predicted molar refractivity (Wildman–Crippen MR) is 100 cm³/mol. The molecule has 0 aliphatic carbocycles. The predicted octanol–water partition coefficient (Wildman–Crippen LogP) is 6.97. The minimum absolute atomic E-state index is 0.0169. The van der Waals surface area contributed by atoms with Crippen LogP contribution in [-0.4, -0.2) is 7.11 Å². The number of methoxy groups -OCH3 is 1. The van der Waals surface area contributed by atoms with Gasteiger partial charge in [0.15, 0.2) is 0 Å². The summed E-state index contributed by atoms with van der Waals surface area (Å²) in [5, 5.41) is 0.709. The van der Waals surface area contributed by atoms with Crippen molar-refractivity contribution in [2.24, 2.45) is 0 Å². The van der Waals surface area contributed by atoms with Crippen molar-refractivity contribution in [3.05, 3.63) is 60.5 Å². The molecule has 0 aliphatic rings. The molecule has 0 amide bonds. The summed E-state index contributed by atoms with van der Waals surface area (Å²) >= 11 is 17.2. The first-order valence-electron chi connectivity index (χ1n) is 6.29. The second-order valence-corrected chi connectivity index (χ2v) is 7.84. The summed E-state index contributed by atoms with van der Waals surface area (Å²) in [6.45, 7) is 4.12. The van der Waals surface area contributed by atoms with Gasteiger partial charge in [0.25, 0.3) is 0 Å². The molecule has 21 heavy (non-hydrogen) atoms. The minimum atomic E-state index is -0.0169. The number of ether oxygens (including phenoxy) is 1. The lowest BCUT2D eigenvalue weighted by Gasteiger charge is -2.21. The lowest BCUT2D eigenvalue weighted by molar-refractivity contribution is 0.406. The van der Waals surface area contributed by atoms with Gasteiger partial charge in [-0.2, -0.15) is 0 Å². The highest BCUT2D eigenvalue weighted by atomic mass is 79.9. The molecule has 0 fully saturated rings. The lowest BCUT2D eigenvalue weighted by Crippen LogP contribution is -2.03. The summed E-state index contributed by atoms with van der Waals surface area (Å²) in [4.78, 5) is -0.0169. The molecule has 0 N–H and O–H groups in total. The van der Waals surface area contributed by atoms with Gasteiger partial charge in [0.2, 0.25) is 0 Å². The van der Waals surface area contributed by atoms with Gasteiger partial charge in [-0.3, -0.25) is 0 Å². The van der Waals surface area contributed by atoms with E-state index in [2.05, 4.69) is 60.8 Å². The second-order valence-electron chi connectivity index (χ2n) is 4.78. The van der Waals surface area contributed by atoms with Gasteiger partial charge >= 0.3 is 0 Å². The second kappa shape index (κ2) is 7.03. The third kappa shape index (κ3) is 3.49. The molecule has 0 bridgehead atoms. The van der Waals surface area contributed by atoms with Crippen LogP contribution in [0.25, 0.3) is 0 Å². The van der Waals surface area contributed by atoms with E-state index in [1.165, 1.54) is 0 Å². The van der Waals surface area contributed by atoms with Crippen molar-refractivity contribution < 1.29 is 4.74 Å². The lowest BCUT2D eigenvalue weighted by atomic mass is 9.97. The van der Waals surface area contributed by atoms with Crippen LogP contribution in [0.2, 0.25) is 5.02 Å². The van der Waals surface area contributed by atoms with Crippen molar-refractivity contribution in [3.63, 3.8) is 0 Å².